The number of hydrogen-bond donors (Lipinski definition) is 0. The van der Waals surface area contributed by atoms with Gasteiger partial charge in [0.2, 0.25) is 12.0 Å². The Morgan fingerprint density at radius 1 is 0.922 bits per heavy atom. The highest BCUT2D eigenvalue weighted by molar-refractivity contribution is 7.86. The van der Waals surface area contributed by atoms with Crippen LogP contribution < -0.4 is 18.9 Å². The molecule has 9 rings (SSSR count). The molecule has 4 bridgehead atoms. The fourth-order valence-electron chi connectivity index (χ4n) is 7.06. The Kier molecular flexibility index (Phi) is 12.9. The van der Waals surface area contributed by atoms with Gasteiger partial charge in [0.05, 0.1) is 15.3 Å². The van der Waals surface area contributed by atoms with E-state index in [9.17, 15) is 17.6 Å². The molecule has 0 aliphatic carbocycles. The number of aromatic nitrogens is 2. The molecule has 0 spiro atoms. The van der Waals surface area contributed by atoms with Crippen LogP contribution in [0.5, 0.6) is 23.1 Å². The predicted molar refractivity (Wildman–Crippen MR) is 243 cm³/mol. The van der Waals surface area contributed by atoms with Gasteiger partial charge in [0.25, 0.3) is 10.1 Å². The number of fused-ring (bicyclic) bond motifs is 7. The number of carbonyl (C=O) groups is 1. The summed E-state index contributed by atoms with van der Waals surface area (Å²) in [7, 11) is -4.20. The minimum absolute atomic E-state index is 0.0117. The highest BCUT2D eigenvalue weighted by Gasteiger charge is 2.32. The molecule has 330 valence electrons. The van der Waals surface area contributed by atoms with Crippen molar-refractivity contribution >= 4 is 49.2 Å². The van der Waals surface area contributed by atoms with E-state index in [1.165, 1.54) is 41.9 Å². The second-order valence-corrected chi connectivity index (χ2v) is 19.2. The van der Waals surface area contributed by atoms with Gasteiger partial charge in [0.1, 0.15) is 59.6 Å². The molecule has 0 N–H and O–H groups in total. The van der Waals surface area contributed by atoms with Crippen molar-refractivity contribution in [2.75, 3.05) is 13.2 Å². The molecule has 0 saturated heterocycles. The first-order valence-corrected chi connectivity index (χ1v) is 23.0. The van der Waals surface area contributed by atoms with Crippen LogP contribution in [0.3, 0.4) is 0 Å². The van der Waals surface area contributed by atoms with Gasteiger partial charge in [-0.2, -0.15) is 8.42 Å². The minimum atomic E-state index is -4.20. The van der Waals surface area contributed by atoms with Crippen LogP contribution >= 0.6 is 22.9 Å². The number of aryl methyl sites for hydroxylation is 1. The SMILES string of the molecule is Cc1ccc(S(=O)(=O)OC[C@H]2COc3ccc(OCc4ccccc4)c(c3)C[C@H](C(=O)OC(C)(C)C)Oc3ncnc4sc(-c5ccc(F)cc5)c(c34)-c3ccc(c(Cl)c3C)O2)cc1. The molecule has 0 saturated carbocycles. The standard InChI is InChI=1S/C49H44ClFN2O9S2/c1-29-11-18-37(19-12-29)64(55,56)59-27-36-26-57-35-17-21-39(58-25-31-9-7-6-8-10-31)33(23-35)24-41(48(54)62-49(3,4)5)61-46-43-42(38-20-22-40(60-36)44(50)30(38)2)45(63-47(43)53-28-52-46)32-13-15-34(51)16-14-32/h6-23,28,36,41H,24-27H2,1-5H3/t36-,41-/m1/s1. The average molecular weight is 923 g/mol. The number of benzene rings is 5. The third-order valence-electron chi connectivity index (χ3n) is 10.2. The van der Waals surface area contributed by atoms with Crippen molar-refractivity contribution in [1.82, 2.24) is 9.97 Å². The lowest BCUT2D eigenvalue weighted by molar-refractivity contribution is -0.163. The largest absolute Gasteiger partial charge is 0.490 e. The van der Waals surface area contributed by atoms with Crippen molar-refractivity contribution in [3.8, 4) is 44.7 Å². The van der Waals surface area contributed by atoms with E-state index in [-0.39, 0.29) is 41.2 Å². The number of halogens is 2. The highest BCUT2D eigenvalue weighted by Crippen LogP contribution is 2.50. The van der Waals surface area contributed by atoms with Crippen molar-refractivity contribution in [2.45, 2.75) is 70.4 Å². The molecule has 0 amide bonds. The number of thiophene rings is 1. The molecule has 2 aliphatic rings. The maximum atomic E-state index is 14.3. The van der Waals surface area contributed by atoms with Gasteiger partial charge in [0.15, 0.2) is 6.10 Å². The molecule has 2 atom stereocenters. The van der Waals surface area contributed by atoms with Gasteiger partial charge in [-0.15, -0.1) is 11.3 Å². The summed E-state index contributed by atoms with van der Waals surface area (Å²) in [5.41, 5.74) is 4.03. The van der Waals surface area contributed by atoms with Crippen LogP contribution in [0, 0.1) is 19.7 Å². The zero-order valence-electron chi connectivity index (χ0n) is 35.6. The zero-order chi connectivity index (χ0) is 45.2. The Hall–Kier alpha value is -6.06. The topological polar surface area (TPSA) is 132 Å². The van der Waals surface area contributed by atoms with E-state index in [2.05, 4.69) is 9.97 Å². The Morgan fingerprint density at radius 2 is 1.67 bits per heavy atom. The van der Waals surface area contributed by atoms with Gasteiger partial charge in [0, 0.05) is 22.4 Å². The number of esters is 1. The van der Waals surface area contributed by atoms with E-state index in [4.69, 9.17) is 39.5 Å². The summed E-state index contributed by atoms with van der Waals surface area (Å²) >= 11 is 8.51. The molecule has 64 heavy (non-hydrogen) atoms. The molecule has 0 unspecified atom stereocenters. The third kappa shape index (κ3) is 10.2. The van der Waals surface area contributed by atoms with Crippen molar-refractivity contribution in [1.29, 1.82) is 0 Å². The summed E-state index contributed by atoms with van der Waals surface area (Å²) in [6, 6.07) is 30.7. The van der Waals surface area contributed by atoms with Crippen molar-refractivity contribution in [3.63, 3.8) is 0 Å². The monoisotopic (exact) mass is 922 g/mol. The smallest absolute Gasteiger partial charge is 0.348 e. The van der Waals surface area contributed by atoms with Gasteiger partial charge in [-0.25, -0.2) is 19.2 Å². The summed E-state index contributed by atoms with van der Waals surface area (Å²) in [5.74, 6) is 0.0930. The predicted octanol–water partition coefficient (Wildman–Crippen LogP) is 10.9. The lowest BCUT2D eigenvalue weighted by Gasteiger charge is -2.25. The first-order chi connectivity index (χ1) is 30.6. The summed E-state index contributed by atoms with van der Waals surface area (Å²) in [5, 5.41) is 0.716. The van der Waals surface area contributed by atoms with Crippen LogP contribution in [0.25, 0.3) is 31.8 Å². The number of ether oxygens (including phenoxy) is 5. The molecule has 11 nitrogen and oxygen atoms in total. The van der Waals surface area contributed by atoms with Gasteiger partial charge in [-0.3, -0.25) is 4.18 Å². The number of carbonyl (C=O) groups excluding carboxylic acids is 1. The maximum absolute atomic E-state index is 14.3. The molecular formula is C49H44ClFN2O9S2. The lowest BCUT2D eigenvalue weighted by Crippen LogP contribution is -2.37. The lowest BCUT2D eigenvalue weighted by atomic mass is 9.96. The van der Waals surface area contributed by atoms with Crippen molar-refractivity contribution < 1.29 is 45.5 Å². The quantitative estimate of drug-likeness (QED) is 0.101. The Morgan fingerprint density at radius 3 is 2.41 bits per heavy atom. The number of nitrogens with zero attached hydrogens (tertiary/aromatic N) is 2. The Bertz CT molecular complexity index is 2920. The number of rotatable bonds is 9. The minimum Gasteiger partial charge on any atom is -0.490 e. The average Bonchev–Trinajstić information content (AvgIpc) is 3.65. The Labute approximate surface area is 379 Å². The van der Waals surface area contributed by atoms with Gasteiger partial charge < -0.3 is 23.7 Å². The summed E-state index contributed by atoms with van der Waals surface area (Å²) in [6.45, 7) is 8.59. The molecule has 5 aromatic carbocycles. The normalized spacial score (nSPS) is 15.4. The second kappa shape index (κ2) is 18.6. The molecular weight excluding hydrogens is 879 g/mol. The third-order valence-corrected chi connectivity index (χ3v) is 13.1. The molecule has 0 radical (unpaired) electrons. The van der Waals surface area contributed by atoms with Crippen LogP contribution in [0.15, 0.2) is 120 Å². The van der Waals surface area contributed by atoms with Crippen LogP contribution in [0.4, 0.5) is 4.39 Å². The first-order valence-electron chi connectivity index (χ1n) is 20.4. The van der Waals surface area contributed by atoms with E-state index in [1.807, 2.05) is 50.2 Å². The van der Waals surface area contributed by atoms with Crippen molar-refractivity contribution in [3.05, 3.63) is 149 Å². The highest BCUT2D eigenvalue weighted by atomic mass is 35.5. The van der Waals surface area contributed by atoms with Gasteiger partial charge in [-0.05, 0) is 105 Å². The van der Waals surface area contributed by atoms with Crippen LogP contribution in [-0.4, -0.2) is 55.4 Å². The fraction of sp³-hybridized carbons (Fsp3) is 0.245. The Balaban J connectivity index is 1.29. The van der Waals surface area contributed by atoms with Crippen molar-refractivity contribution in [2.24, 2.45) is 0 Å². The summed E-state index contributed by atoms with van der Waals surface area (Å²) in [6.07, 6.45) is -0.969. The molecule has 2 aromatic heterocycles. The first kappa shape index (κ1) is 44.5. The molecule has 2 aliphatic heterocycles. The van der Waals surface area contributed by atoms with Crippen LogP contribution in [-0.2, 0) is 36.9 Å². The molecule has 7 aromatic rings. The zero-order valence-corrected chi connectivity index (χ0v) is 38.0. The maximum Gasteiger partial charge on any atom is 0.348 e. The van der Waals surface area contributed by atoms with Gasteiger partial charge >= 0.3 is 5.97 Å². The molecule has 0 fully saturated rings. The number of hydrogen-bond acceptors (Lipinski definition) is 12. The van der Waals surface area contributed by atoms with E-state index in [0.717, 1.165) is 11.1 Å². The fourth-order valence-corrected chi connectivity index (χ4v) is 9.36. The second-order valence-electron chi connectivity index (χ2n) is 16.2. The molecule has 4 heterocycles. The van der Waals surface area contributed by atoms with E-state index in [0.29, 0.717) is 54.4 Å². The van der Waals surface area contributed by atoms with E-state index in [1.54, 1.807) is 69.3 Å². The van der Waals surface area contributed by atoms with E-state index < -0.39 is 46.3 Å². The summed E-state index contributed by atoms with van der Waals surface area (Å²) in [4.78, 5) is 24.8. The molecule has 15 heteroatoms. The van der Waals surface area contributed by atoms with Crippen LogP contribution in [0.2, 0.25) is 5.02 Å². The summed E-state index contributed by atoms with van der Waals surface area (Å²) < 4.78 is 78.6. The van der Waals surface area contributed by atoms with Crippen LogP contribution in [0.1, 0.15) is 43.0 Å². The van der Waals surface area contributed by atoms with Gasteiger partial charge in [-0.1, -0.05) is 77.8 Å². The van der Waals surface area contributed by atoms with E-state index >= 15 is 0 Å².